The average molecular weight is 381 g/mol. The summed E-state index contributed by atoms with van der Waals surface area (Å²) in [5.41, 5.74) is 4.74. The first-order chi connectivity index (χ1) is 14.0. The highest BCUT2D eigenvalue weighted by Crippen LogP contribution is 2.47. The van der Waals surface area contributed by atoms with E-state index in [2.05, 4.69) is 85.6 Å². The van der Waals surface area contributed by atoms with E-state index in [0.29, 0.717) is 0 Å². The van der Waals surface area contributed by atoms with Gasteiger partial charge in [0.1, 0.15) is 7.05 Å². The van der Waals surface area contributed by atoms with Gasteiger partial charge in [0.15, 0.2) is 11.5 Å². The van der Waals surface area contributed by atoms with Crippen LogP contribution < -0.4 is 9.64 Å². The molecule has 0 N–H and O–H groups in total. The van der Waals surface area contributed by atoms with Crippen LogP contribution in [-0.2, 0) is 5.41 Å². The summed E-state index contributed by atoms with van der Waals surface area (Å²) in [7, 11) is 4.21. The molecule has 29 heavy (non-hydrogen) atoms. The predicted octanol–water partition coefficient (Wildman–Crippen LogP) is 5.77. The van der Waals surface area contributed by atoms with Crippen LogP contribution in [0.25, 0.3) is 10.8 Å². The van der Waals surface area contributed by atoms with E-state index in [-0.39, 0.29) is 5.41 Å². The summed E-state index contributed by atoms with van der Waals surface area (Å²) in [6.07, 6.45) is 5.07. The Hall–Kier alpha value is -3.33. The minimum Gasteiger partial charge on any atom is -0.438 e. The molecule has 5 rings (SSSR count). The van der Waals surface area contributed by atoms with Gasteiger partial charge in [0.05, 0.1) is 17.2 Å². The molecule has 2 heterocycles. The number of ether oxygens (including phenoxy) is 1. The fourth-order valence-corrected chi connectivity index (χ4v) is 4.86. The zero-order chi connectivity index (χ0) is 20.2. The number of rotatable bonds is 3. The van der Waals surface area contributed by atoms with E-state index >= 15 is 0 Å². The first-order valence-corrected chi connectivity index (χ1v) is 10.0. The van der Waals surface area contributed by atoms with E-state index in [9.17, 15) is 0 Å². The SMILES string of the molecule is C=CCC1(C)C(/C=C2\Oc3ccccc3N2C)=[N+](C)c2ccc3ccccc3c21. The molecule has 0 saturated carbocycles. The van der Waals surface area contributed by atoms with Crippen LogP contribution in [0.1, 0.15) is 18.9 Å². The average Bonchev–Trinajstić information content (AvgIpc) is 3.16. The number of nitrogens with zero attached hydrogens (tertiary/aromatic N) is 2. The van der Waals surface area contributed by atoms with Gasteiger partial charge in [0, 0.05) is 18.7 Å². The zero-order valence-electron chi connectivity index (χ0n) is 17.1. The lowest BCUT2D eigenvalue weighted by Crippen LogP contribution is -2.31. The number of hydrogen-bond acceptors (Lipinski definition) is 2. The molecule has 0 spiro atoms. The van der Waals surface area contributed by atoms with Crippen molar-refractivity contribution in [3.8, 4) is 5.75 Å². The van der Waals surface area contributed by atoms with Crippen molar-refractivity contribution in [3.63, 3.8) is 0 Å². The molecule has 2 aliphatic heterocycles. The molecule has 0 bridgehead atoms. The molecule has 0 amide bonds. The highest BCUT2D eigenvalue weighted by atomic mass is 16.5. The maximum absolute atomic E-state index is 6.20. The Kier molecular flexibility index (Phi) is 3.88. The van der Waals surface area contributed by atoms with Crippen LogP contribution >= 0.6 is 0 Å². The van der Waals surface area contributed by atoms with Crippen LogP contribution in [0.15, 0.2) is 85.3 Å². The monoisotopic (exact) mass is 381 g/mol. The van der Waals surface area contributed by atoms with Crippen LogP contribution in [0.2, 0.25) is 0 Å². The zero-order valence-corrected chi connectivity index (χ0v) is 17.1. The van der Waals surface area contributed by atoms with Crippen molar-refractivity contribution in [2.75, 3.05) is 19.0 Å². The van der Waals surface area contributed by atoms with Crippen LogP contribution in [0.4, 0.5) is 11.4 Å². The summed E-state index contributed by atoms with van der Waals surface area (Å²) in [5, 5.41) is 2.57. The molecular formula is C26H25N2O+. The second kappa shape index (κ2) is 6.35. The fourth-order valence-electron chi connectivity index (χ4n) is 4.86. The second-order valence-corrected chi connectivity index (χ2v) is 8.06. The molecular weight excluding hydrogens is 356 g/mol. The third-order valence-corrected chi connectivity index (χ3v) is 6.33. The molecule has 0 fully saturated rings. The van der Waals surface area contributed by atoms with Crippen molar-refractivity contribution >= 4 is 27.9 Å². The van der Waals surface area contributed by atoms with Crippen LogP contribution in [0.5, 0.6) is 5.75 Å². The highest BCUT2D eigenvalue weighted by Gasteiger charge is 2.48. The van der Waals surface area contributed by atoms with E-state index in [1.165, 1.54) is 27.7 Å². The van der Waals surface area contributed by atoms with Crippen LogP contribution in [0, 0.1) is 0 Å². The quantitative estimate of drug-likeness (QED) is 0.423. The van der Waals surface area contributed by atoms with Crippen molar-refractivity contribution < 1.29 is 9.31 Å². The number of anilines is 1. The standard InChI is InChI=1S/C26H25N2O/c1-5-16-26(2)23(17-24-28(4)20-12-8-9-13-22(20)29-24)27(3)21-15-14-18-10-6-7-11-19(18)25(21)26/h5-15,17H,1,16H2,2-4H3/q+1. The normalized spacial score (nSPS) is 21.5. The van der Waals surface area contributed by atoms with Gasteiger partial charge in [0.2, 0.25) is 11.6 Å². The summed E-state index contributed by atoms with van der Waals surface area (Å²) in [6.45, 7) is 6.38. The van der Waals surface area contributed by atoms with Gasteiger partial charge in [-0.05, 0) is 42.3 Å². The largest absolute Gasteiger partial charge is 0.438 e. The number of para-hydroxylation sites is 2. The smallest absolute Gasteiger partial charge is 0.210 e. The number of hydrogen-bond donors (Lipinski definition) is 0. The number of allylic oxidation sites excluding steroid dienone is 2. The molecule has 2 aliphatic rings. The van der Waals surface area contributed by atoms with Gasteiger partial charge in [-0.3, -0.25) is 0 Å². The van der Waals surface area contributed by atoms with Gasteiger partial charge in [-0.2, -0.15) is 4.58 Å². The van der Waals surface area contributed by atoms with Crippen molar-refractivity contribution in [2.24, 2.45) is 0 Å². The van der Waals surface area contributed by atoms with Gasteiger partial charge in [-0.25, -0.2) is 0 Å². The molecule has 1 atom stereocenters. The maximum atomic E-state index is 6.20. The fraction of sp³-hybridized carbons (Fsp3) is 0.192. The summed E-state index contributed by atoms with van der Waals surface area (Å²) < 4.78 is 8.50. The lowest BCUT2D eigenvalue weighted by atomic mass is 9.74. The third-order valence-electron chi connectivity index (χ3n) is 6.33. The molecule has 0 radical (unpaired) electrons. The highest BCUT2D eigenvalue weighted by molar-refractivity contribution is 6.08. The Morgan fingerprint density at radius 1 is 1.07 bits per heavy atom. The van der Waals surface area contributed by atoms with Crippen LogP contribution in [0.3, 0.4) is 0 Å². The lowest BCUT2D eigenvalue weighted by molar-refractivity contribution is -0.401. The van der Waals surface area contributed by atoms with Crippen molar-refractivity contribution in [3.05, 3.63) is 90.8 Å². The van der Waals surface area contributed by atoms with E-state index in [1.54, 1.807) is 0 Å². The Balaban J connectivity index is 1.70. The summed E-state index contributed by atoms with van der Waals surface area (Å²) in [5.74, 6) is 1.75. The summed E-state index contributed by atoms with van der Waals surface area (Å²) >= 11 is 0. The molecule has 3 aromatic rings. The van der Waals surface area contributed by atoms with E-state index < -0.39 is 0 Å². The third kappa shape index (κ3) is 2.47. The van der Waals surface area contributed by atoms with Crippen molar-refractivity contribution in [1.29, 1.82) is 0 Å². The van der Waals surface area contributed by atoms with Gasteiger partial charge in [0.25, 0.3) is 0 Å². The molecule has 0 aliphatic carbocycles. The molecule has 3 nitrogen and oxygen atoms in total. The van der Waals surface area contributed by atoms with Gasteiger partial charge >= 0.3 is 0 Å². The van der Waals surface area contributed by atoms with E-state index in [4.69, 9.17) is 4.74 Å². The molecule has 1 unspecified atom stereocenters. The Morgan fingerprint density at radius 3 is 2.62 bits per heavy atom. The number of benzene rings is 3. The molecule has 0 saturated heterocycles. The second-order valence-electron chi connectivity index (χ2n) is 8.06. The van der Waals surface area contributed by atoms with Crippen molar-refractivity contribution in [2.45, 2.75) is 18.8 Å². The summed E-state index contributed by atoms with van der Waals surface area (Å²) in [4.78, 5) is 2.12. The Morgan fingerprint density at radius 2 is 1.83 bits per heavy atom. The maximum Gasteiger partial charge on any atom is 0.210 e. The molecule has 3 heteroatoms. The predicted molar refractivity (Wildman–Crippen MR) is 121 cm³/mol. The lowest BCUT2D eigenvalue weighted by Gasteiger charge is -2.22. The number of fused-ring (bicyclic) bond motifs is 4. The molecule has 3 aromatic carbocycles. The Labute approximate surface area is 171 Å². The molecule has 0 aromatic heterocycles. The first-order valence-electron chi connectivity index (χ1n) is 10.0. The van der Waals surface area contributed by atoms with Gasteiger partial charge in [-0.1, -0.05) is 42.5 Å². The Bertz CT molecular complexity index is 1220. The van der Waals surface area contributed by atoms with Crippen molar-refractivity contribution in [1.82, 2.24) is 0 Å². The van der Waals surface area contributed by atoms with E-state index in [0.717, 1.165) is 23.7 Å². The van der Waals surface area contributed by atoms with Gasteiger partial charge in [-0.15, -0.1) is 6.58 Å². The van der Waals surface area contributed by atoms with Gasteiger partial charge < -0.3 is 9.64 Å². The molecule has 144 valence electrons. The van der Waals surface area contributed by atoms with Crippen LogP contribution in [-0.4, -0.2) is 24.4 Å². The first kappa shape index (κ1) is 17.7. The summed E-state index contributed by atoms with van der Waals surface area (Å²) in [6, 6.07) is 21.2. The van der Waals surface area contributed by atoms with E-state index in [1.807, 2.05) is 24.3 Å². The topological polar surface area (TPSA) is 15.5 Å². The minimum atomic E-state index is -0.182. The minimum absolute atomic E-state index is 0.182.